The summed E-state index contributed by atoms with van der Waals surface area (Å²) in [6.45, 7) is 1.41. The van der Waals surface area contributed by atoms with Crippen molar-refractivity contribution >= 4 is 18.4 Å². The number of halogens is 6. The Morgan fingerprint density at radius 2 is 1.76 bits per heavy atom. The number of rotatable bonds is 8. The van der Waals surface area contributed by atoms with Crippen LogP contribution in [-0.4, -0.2) is 31.6 Å². The van der Waals surface area contributed by atoms with Gasteiger partial charge in [0.25, 0.3) is 5.91 Å². The van der Waals surface area contributed by atoms with E-state index in [1.807, 2.05) is 0 Å². The largest absolute Gasteiger partial charge is 0.458 e. The Bertz CT molecular complexity index is 1100. The predicted molar refractivity (Wildman–Crippen MR) is 107 cm³/mol. The van der Waals surface area contributed by atoms with Gasteiger partial charge in [-0.15, -0.1) is 0 Å². The number of hydrogen-bond donors (Lipinski definition) is 2. The predicted octanol–water partition coefficient (Wildman–Crippen LogP) is 4.60. The molecule has 1 amide bonds. The lowest BCUT2D eigenvalue weighted by Gasteiger charge is -2.21. The molecule has 0 unspecified atom stereocenters. The van der Waals surface area contributed by atoms with E-state index in [-0.39, 0.29) is 17.0 Å². The van der Waals surface area contributed by atoms with Gasteiger partial charge >= 0.3 is 12.1 Å². The number of amides is 1. The lowest BCUT2D eigenvalue weighted by Crippen LogP contribution is -2.33. The smallest absolute Gasteiger partial charge is 0.456 e. The number of hydrogen-bond acceptors (Lipinski definition) is 5. The van der Waals surface area contributed by atoms with Crippen LogP contribution >= 0.6 is 0 Å². The summed E-state index contributed by atoms with van der Waals surface area (Å²) in [5.41, 5.74) is 0.552. The molecule has 0 spiro atoms. The van der Waals surface area contributed by atoms with Crippen LogP contribution in [0.3, 0.4) is 0 Å². The SMILES string of the molecule is CN/N=C\C(=C/C=O)NC(=O)c1ccc(C(F)(F)C(F)(F)F)cc1Oc1ccc(F)cc1C. The van der Waals surface area contributed by atoms with Gasteiger partial charge in [-0.2, -0.15) is 27.1 Å². The minimum absolute atomic E-state index is 0.0849. The summed E-state index contributed by atoms with van der Waals surface area (Å²) < 4.78 is 85.1. The molecule has 0 atom stereocenters. The number of hydrazone groups is 1. The van der Waals surface area contributed by atoms with Crippen molar-refractivity contribution < 1.29 is 40.7 Å². The Hall–Kier alpha value is -3.83. The van der Waals surface area contributed by atoms with Gasteiger partial charge in [0, 0.05) is 18.7 Å². The molecule has 0 aliphatic carbocycles. The van der Waals surface area contributed by atoms with Gasteiger partial charge in [-0.3, -0.25) is 9.59 Å². The lowest BCUT2D eigenvalue weighted by molar-refractivity contribution is -0.289. The zero-order valence-corrected chi connectivity index (χ0v) is 17.1. The number of carbonyl (C=O) groups is 2. The van der Waals surface area contributed by atoms with Crippen LogP contribution in [0.15, 0.2) is 53.3 Å². The first-order chi connectivity index (χ1) is 15.4. The summed E-state index contributed by atoms with van der Waals surface area (Å²) in [4.78, 5) is 23.5. The van der Waals surface area contributed by atoms with Gasteiger partial charge in [0.2, 0.25) is 0 Å². The van der Waals surface area contributed by atoms with E-state index in [2.05, 4.69) is 15.8 Å². The molecule has 2 N–H and O–H groups in total. The van der Waals surface area contributed by atoms with Crippen molar-refractivity contribution in [3.63, 3.8) is 0 Å². The van der Waals surface area contributed by atoms with Crippen molar-refractivity contribution in [3.05, 3.63) is 70.7 Å². The number of benzene rings is 2. The van der Waals surface area contributed by atoms with E-state index in [9.17, 15) is 35.9 Å². The monoisotopic (exact) mass is 473 g/mol. The number of aryl methyl sites for hydroxylation is 1. The van der Waals surface area contributed by atoms with E-state index in [0.29, 0.717) is 24.5 Å². The number of aldehydes is 1. The second-order valence-electron chi connectivity index (χ2n) is 6.49. The van der Waals surface area contributed by atoms with Crippen LogP contribution in [0.2, 0.25) is 0 Å². The second kappa shape index (κ2) is 10.2. The Labute approximate surface area is 183 Å². The topological polar surface area (TPSA) is 79.8 Å². The summed E-state index contributed by atoms with van der Waals surface area (Å²) in [5.74, 6) is -7.61. The molecular formula is C21H17F6N3O3. The summed E-state index contributed by atoms with van der Waals surface area (Å²) >= 11 is 0. The van der Waals surface area contributed by atoms with E-state index in [1.165, 1.54) is 14.0 Å². The van der Waals surface area contributed by atoms with Gasteiger partial charge in [-0.25, -0.2) is 4.39 Å². The molecular weight excluding hydrogens is 456 g/mol. The highest BCUT2D eigenvalue weighted by atomic mass is 19.4. The molecule has 0 saturated carbocycles. The Morgan fingerprint density at radius 1 is 1.06 bits per heavy atom. The molecule has 0 aliphatic rings. The molecule has 12 heteroatoms. The molecule has 0 aliphatic heterocycles. The van der Waals surface area contributed by atoms with Crippen LogP contribution in [0.25, 0.3) is 0 Å². The summed E-state index contributed by atoms with van der Waals surface area (Å²) in [5, 5.41) is 5.87. The zero-order chi connectivity index (χ0) is 24.8. The maximum absolute atomic E-state index is 13.9. The first-order valence-corrected chi connectivity index (χ1v) is 9.10. The van der Waals surface area contributed by atoms with Gasteiger partial charge in [0.05, 0.1) is 17.5 Å². The Morgan fingerprint density at radius 3 is 2.33 bits per heavy atom. The lowest BCUT2D eigenvalue weighted by atomic mass is 10.0. The molecule has 2 rings (SSSR count). The molecule has 2 aromatic rings. The number of carbonyl (C=O) groups excluding carboxylic acids is 2. The molecule has 0 fully saturated rings. The number of alkyl halides is 5. The summed E-state index contributed by atoms with van der Waals surface area (Å²) in [6, 6.07) is 4.66. The van der Waals surface area contributed by atoms with Gasteiger partial charge in [0.1, 0.15) is 23.6 Å². The maximum Gasteiger partial charge on any atom is 0.458 e. The molecule has 0 bridgehead atoms. The van der Waals surface area contributed by atoms with Gasteiger partial charge in [-0.05, 0) is 42.8 Å². The number of allylic oxidation sites excluding steroid dienone is 2. The summed E-state index contributed by atoms with van der Waals surface area (Å²) in [7, 11) is 1.44. The quantitative estimate of drug-likeness (QED) is 0.193. The fourth-order valence-electron chi connectivity index (χ4n) is 2.52. The second-order valence-corrected chi connectivity index (χ2v) is 6.49. The number of ether oxygens (including phenoxy) is 1. The molecule has 176 valence electrons. The van der Waals surface area contributed by atoms with E-state index >= 15 is 0 Å². The molecule has 0 radical (unpaired) electrons. The van der Waals surface area contributed by atoms with Gasteiger partial charge < -0.3 is 15.5 Å². The van der Waals surface area contributed by atoms with E-state index in [4.69, 9.17) is 4.74 Å². The molecule has 2 aromatic carbocycles. The summed E-state index contributed by atoms with van der Waals surface area (Å²) in [6.07, 6.45) is -3.58. The van der Waals surface area contributed by atoms with Crippen molar-refractivity contribution in [3.8, 4) is 11.5 Å². The van der Waals surface area contributed by atoms with Crippen molar-refractivity contribution in [2.75, 3.05) is 7.05 Å². The molecule has 6 nitrogen and oxygen atoms in total. The molecule has 33 heavy (non-hydrogen) atoms. The minimum Gasteiger partial charge on any atom is -0.456 e. The van der Waals surface area contributed by atoms with Crippen molar-refractivity contribution in [1.82, 2.24) is 10.7 Å². The van der Waals surface area contributed by atoms with Gasteiger partial charge in [-0.1, -0.05) is 6.07 Å². The molecule has 0 saturated heterocycles. The fourth-order valence-corrected chi connectivity index (χ4v) is 2.52. The third-order valence-corrected chi connectivity index (χ3v) is 4.14. The van der Waals surface area contributed by atoms with Crippen LogP contribution in [-0.2, 0) is 10.7 Å². The first kappa shape index (κ1) is 25.4. The average molecular weight is 473 g/mol. The highest BCUT2D eigenvalue weighted by Crippen LogP contribution is 2.45. The fraction of sp³-hybridized carbons (Fsp3) is 0.190. The third-order valence-electron chi connectivity index (χ3n) is 4.14. The normalized spacial score (nSPS) is 12.5. The third kappa shape index (κ3) is 6.11. The van der Waals surface area contributed by atoms with Crippen LogP contribution < -0.4 is 15.5 Å². The zero-order valence-electron chi connectivity index (χ0n) is 17.1. The van der Waals surface area contributed by atoms with Crippen LogP contribution in [0, 0.1) is 12.7 Å². The number of nitrogens with zero attached hydrogens (tertiary/aromatic N) is 1. The van der Waals surface area contributed by atoms with E-state index < -0.39 is 40.7 Å². The standard InChI is InChI=1S/C21H17F6N3O3/c1-12-9-14(22)4-6-17(12)33-18-10-13(20(23,24)21(25,26)27)3-5-16(18)19(32)30-15(7-8-31)11-29-28-2/h3-11,28H,1-2H3,(H,30,32)/b15-7+,29-11-. The van der Waals surface area contributed by atoms with Crippen LogP contribution in [0.1, 0.15) is 21.5 Å². The van der Waals surface area contributed by atoms with Crippen molar-refractivity contribution in [2.24, 2.45) is 5.10 Å². The van der Waals surface area contributed by atoms with Crippen LogP contribution in [0.5, 0.6) is 11.5 Å². The molecule has 0 aromatic heterocycles. The van der Waals surface area contributed by atoms with Crippen molar-refractivity contribution in [1.29, 1.82) is 0 Å². The first-order valence-electron chi connectivity index (χ1n) is 9.10. The maximum atomic E-state index is 13.9. The van der Waals surface area contributed by atoms with E-state index in [0.717, 1.165) is 30.5 Å². The Balaban J connectivity index is 2.57. The Kier molecular flexibility index (Phi) is 7.85. The molecule has 0 heterocycles. The van der Waals surface area contributed by atoms with Crippen molar-refractivity contribution in [2.45, 2.75) is 19.0 Å². The van der Waals surface area contributed by atoms with E-state index in [1.54, 1.807) is 0 Å². The highest BCUT2D eigenvalue weighted by molar-refractivity contribution is 6.02. The minimum atomic E-state index is -5.90. The highest BCUT2D eigenvalue weighted by Gasteiger charge is 2.58. The average Bonchev–Trinajstić information content (AvgIpc) is 2.73. The van der Waals surface area contributed by atoms with Crippen LogP contribution in [0.4, 0.5) is 26.3 Å². The number of nitrogens with one attached hydrogen (secondary N) is 2. The van der Waals surface area contributed by atoms with Gasteiger partial charge in [0.15, 0.2) is 0 Å².